The summed E-state index contributed by atoms with van der Waals surface area (Å²) >= 11 is 0. The van der Waals surface area contributed by atoms with Gasteiger partial charge in [-0.05, 0) is 38.1 Å². The van der Waals surface area contributed by atoms with E-state index in [2.05, 4.69) is 11.1 Å². The van der Waals surface area contributed by atoms with Crippen LogP contribution in [0, 0.1) is 0 Å². The Morgan fingerprint density at radius 2 is 1.75 bits per heavy atom. The molecule has 5 rings (SSSR count). The zero-order chi connectivity index (χ0) is 16.5. The van der Waals surface area contributed by atoms with Crippen molar-refractivity contribution in [2.24, 2.45) is 0 Å². The van der Waals surface area contributed by atoms with Gasteiger partial charge in [-0.3, -0.25) is 0 Å². The molecule has 4 heteroatoms. The monoisotopic (exact) mass is 317 g/mol. The van der Waals surface area contributed by atoms with Gasteiger partial charge in [-0.25, -0.2) is 4.79 Å². The number of benzene rings is 2. The third-order valence-corrected chi connectivity index (χ3v) is 4.67. The Labute approximate surface area is 137 Å². The molecular weight excluding hydrogens is 302 g/mol. The van der Waals surface area contributed by atoms with E-state index >= 15 is 0 Å². The molecule has 0 unspecified atom stereocenters. The second kappa shape index (κ2) is 4.29. The van der Waals surface area contributed by atoms with Crippen LogP contribution in [0.25, 0.3) is 33.0 Å². The standard InChI is InChI=1S/C20H15NO3/c1-20(2)19-16(12-5-3-4-6-13(12)21-19)17-14(24-20)9-7-11-8-10-15(22)23-18(11)17/h3-10,21H,1-2H3. The van der Waals surface area contributed by atoms with Crippen molar-refractivity contribution in [1.29, 1.82) is 0 Å². The van der Waals surface area contributed by atoms with Crippen molar-refractivity contribution in [3.05, 3.63) is 64.6 Å². The number of fused-ring (bicyclic) bond motifs is 7. The highest BCUT2D eigenvalue weighted by molar-refractivity contribution is 6.07. The summed E-state index contributed by atoms with van der Waals surface area (Å²) < 4.78 is 11.8. The Hall–Kier alpha value is -3.01. The average molecular weight is 317 g/mol. The third-order valence-electron chi connectivity index (χ3n) is 4.67. The predicted molar refractivity (Wildman–Crippen MR) is 93.4 cm³/mol. The Balaban J connectivity index is 2.02. The van der Waals surface area contributed by atoms with Gasteiger partial charge in [-0.2, -0.15) is 0 Å². The molecular formula is C20H15NO3. The Kier molecular flexibility index (Phi) is 2.40. The quantitative estimate of drug-likeness (QED) is 0.483. The molecule has 3 heterocycles. The third kappa shape index (κ3) is 1.65. The molecule has 0 fully saturated rings. The van der Waals surface area contributed by atoms with Crippen LogP contribution in [0.5, 0.6) is 5.75 Å². The van der Waals surface area contributed by atoms with Gasteiger partial charge in [0.05, 0.1) is 11.3 Å². The van der Waals surface area contributed by atoms with Crippen molar-refractivity contribution >= 4 is 21.9 Å². The smallest absolute Gasteiger partial charge is 0.336 e. The van der Waals surface area contributed by atoms with Crippen molar-refractivity contribution in [1.82, 2.24) is 4.98 Å². The second-order valence-electron chi connectivity index (χ2n) is 6.64. The molecule has 4 nitrogen and oxygen atoms in total. The minimum Gasteiger partial charge on any atom is -0.481 e. The van der Waals surface area contributed by atoms with Gasteiger partial charge in [0, 0.05) is 27.9 Å². The van der Waals surface area contributed by atoms with Gasteiger partial charge >= 0.3 is 5.63 Å². The highest BCUT2D eigenvalue weighted by Crippen LogP contribution is 2.50. The minimum atomic E-state index is -0.496. The summed E-state index contributed by atoms with van der Waals surface area (Å²) in [6.45, 7) is 4.07. The van der Waals surface area contributed by atoms with Crippen molar-refractivity contribution in [3.63, 3.8) is 0 Å². The summed E-state index contributed by atoms with van der Waals surface area (Å²) in [4.78, 5) is 15.3. The fourth-order valence-electron chi connectivity index (χ4n) is 3.62. The summed E-state index contributed by atoms with van der Waals surface area (Å²) in [5.74, 6) is 0.735. The fraction of sp³-hybridized carbons (Fsp3) is 0.150. The molecule has 1 aliphatic heterocycles. The van der Waals surface area contributed by atoms with Crippen LogP contribution in [-0.4, -0.2) is 4.98 Å². The lowest BCUT2D eigenvalue weighted by atomic mass is 9.89. The molecule has 1 aliphatic rings. The van der Waals surface area contributed by atoms with Crippen LogP contribution in [-0.2, 0) is 5.60 Å². The summed E-state index contributed by atoms with van der Waals surface area (Å²) in [5.41, 5.74) is 3.65. The molecule has 0 aliphatic carbocycles. The van der Waals surface area contributed by atoms with Crippen LogP contribution >= 0.6 is 0 Å². The molecule has 2 aromatic carbocycles. The maximum absolute atomic E-state index is 11.8. The minimum absolute atomic E-state index is 0.359. The van der Waals surface area contributed by atoms with Crippen LogP contribution in [0.4, 0.5) is 0 Å². The summed E-state index contributed by atoms with van der Waals surface area (Å²) in [5, 5.41) is 1.98. The number of ether oxygens (including phenoxy) is 1. The van der Waals surface area contributed by atoms with Crippen molar-refractivity contribution < 1.29 is 9.15 Å². The first-order valence-electron chi connectivity index (χ1n) is 7.92. The molecule has 4 aromatic rings. The summed E-state index contributed by atoms with van der Waals surface area (Å²) in [6.07, 6.45) is 0. The van der Waals surface area contributed by atoms with Crippen LogP contribution in [0.1, 0.15) is 19.5 Å². The largest absolute Gasteiger partial charge is 0.481 e. The molecule has 0 bridgehead atoms. The van der Waals surface area contributed by atoms with E-state index in [1.165, 1.54) is 6.07 Å². The number of H-pyrrole nitrogens is 1. The zero-order valence-corrected chi connectivity index (χ0v) is 13.3. The lowest BCUT2D eigenvalue weighted by molar-refractivity contribution is 0.102. The number of para-hydroxylation sites is 1. The lowest BCUT2D eigenvalue weighted by Crippen LogP contribution is -2.29. The van der Waals surface area contributed by atoms with Gasteiger partial charge in [0.25, 0.3) is 0 Å². The van der Waals surface area contributed by atoms with E-state index in [-0.39, 0.29) is 5.63 Å². The van der Waals surface area contributed by atoms with Crippen LogP contribution < -0.4 is 10.4 Å². The van der Waals surface area contributed by atoms with E-state index in [1.807, 2.05) is 44.2 Å². The molecule has 0 saturated heterocycles. The first-order chi connectivity index (χ1) is 11.5. The maximum Gasteiger partial charge on any atom is 0.336 e. The molecule has 118 valence electrons. The van der Waals surface area contributed by atoms with Gasteiger partial charge < -0.3 is 14.1 Å². The molecule has 24 heavy (non-hydrogen) atoms. The molecule has 2 aromatic heterocycles. The number of nitrogens with one attached hydrogen (secondary N) is 1. The van der Waals surface area contributed by atoms with Crippen LogP contribution in [0.3, 0.4) is 0 Å². The van der Waals surface area contributed by atoms with E-state index in [9.17, 15) is 4.79 Å². The molecule has 0 radical (unpaired) electrons. The van der Waals surface area contributed by atoms with E-state index in [0.29, 0.717) is 5.58 Å². The van der Waals surface area contributed by atoms with Gasteiger partial charge in [0.15, 0.2) is 0 Å². The lowest BCUT2D eigenvalue weighted by Gasteiger charge is -2.32. The molecule has 1 N–H and O–H groups in total. The number of hydrogen-bond acceptors (Lipinski definition) is 3. The first kappa shape index (κ1) is 13.4. The Bertz CT molecular complexity index is 1180. The highest BCUT2D eigenvalue weighted by Gasteiger charge is 2.37. The van der Waals surface area contributed by atoms with Gasteiger partial charge in [0.1, 0.15) is 16.9 Å². The number of aromatic amines is 1. The zero-order valence-electron chi connectivity index (χ0n) is 13.3. The first-order valence-corrected chi connectivity index (χ1v) is 7.92. The molecule has 0 spiro atoms. The topological polar surface area (TPSA) is 55.2 Å². The SMILES string of the molecule is CC1(C)Oc2ccc3ccc(=O)oc3c2-c2c1[nH]c1ccccc21. The van der Waals surface area contributed by atoms with Gasteiger partial charge in [-0.1, -0.05) is 18.2 Å². The normalized spacial score (nSPS) is 15.1. The van der Waals surface area contributed by atoms with Crippen molar-refractivity contribution in [2.45, 2.75) is 19.4 Å². The Morgan fingerprint density at radius 3 is 2.62 bits per heavy atom. The molecule has 0 atom stereocenters. The Morgan fingerprint density at radius 1 is 0.958 bits per heavy atom. The fourth-order valence-corrected chi connectivity index (χ4v) is 3.62. The number of rotatable bonds is 0. The van der Waals surface area contributed by atoms with Crippen LogP contribution in [0.15, 0.2) is 57.7 Å². The predicted octanol–water partition coefficient (Wildman–Crippen LogP) is 4.57. The number of aromatic nitrogens is 1. The average Bonchev–Trinajstić information content (AvgIpc) is 2.95. The summed E-state index contributed by atoms with van der Waals surface area (Å²) in [6, 6.07) is 15.2. The molecule has 0 saturated carbocycles. The van der Waals surface area contributed by atoms with Crippen molar-refractivity contribution in [3.8, 4) is 16.9 Å². The van der Waals surface area contributed by atoms with Crippen LogP contribution in [0.2, 0.25) is 0 Å². The van der Waals surface area contributed by atoms with Gasteiger partial charge in [-0.15, -0.1) is 0 Å². The maximum atomic E-state index is 11.8. The number of hydrogen-bond donors (Lipinski definition) is 1. The van der Waals surface area contributed by atoms with Gasteiger partial charge in [0.2, 0.25) is 0 Å². The summed E-state index contributed by atoms with van der Waals surface area (Å²) in [7, 11) is 0. The highest BCUT2D eigenvalue weighted by atomic mass is 16.5. The van der Waals surface area contributed by atoms with Crippen molar-refractivity contribution in [2.75, 3.05) is 0 Å². The second-order valence-corrected chi connectivity index (χ2v) is 6.64. The van der Waals surface area contributed by atoms with E-state index < -0.39 is 5.60 Å². The van der Waals surface area contributed by atoms with E-state index in [4.69, 9.17) is 9.15 Å². The van der Waals surface area contributed by atoms with E-state index in [1.54, 1.807) is 6.07 Å². The molecule has 0 amide bonds. The van der Waals surface area contributed by atoms with E-state index in [0.717, 1.165) is 38.9 Å².